The summed E-state index contributed by atoms with van der Waals surface area (Å²) in [5, 5.41) is 5.49. The molecule has 0 unspecified atom stereocenters. The van der Waals surface area contributed by atoms with Gasteiger partial charge in [0.15, 0.2) is 0 Å². The van der Waals surface area contributed by atoms with Crippen molar-refractivity contribution in [2.75, 3.05) is 18.5 Å². The van der Waals surface area contributed by atoms with E-state index in [0.717, 1.165) is 5.56 Å². The predicted octanol–water partition coefficient (Wildman–Crippen LogP) is 3.92. The van der Waals surface area contributed by atoms with E-state index in [1.165, 1.54) is 0 Å². The second-order valence-corrected chi connectivity index (χ2v) is 7.68. The molecule has 0 spiro atoms. The normalized spacial score (nSPS) is 10.9. The van der Waals surface area contributed by atoms with Crippen LogP contribution in [0.4, 0.5) is 5.69 Å². The van der Waals surface area contributed by atoms with Gasteiger partial charge < -0.3 is 15.4 Å². The Bertz CT molecular complexity index is 850. The number of nitrogens with one attached hydrogen (secondary N) is 2. The first-order chi connectivity index (χ1) is 13.7. The van der Waals surface area contributed by atoms with Gasteiger partial charge in [-0.15, -0.1) is 0 Å². The molecule has 6 heteroatoms. The fraction of sp³-hybridized carbons (Fsp3) is 0.348. The van der Waals surface area contributed by atoms with Gasteiger partial charge in [0.05, 0.1) is 12.2 Å². The molecule has 154 valence electrons. The second-order valence-electron chi connectivity index (χ2n) is 7.68. The third kappa shape index (κ3) is 6.75. The molecule has 2 amide bonds. The molecule has 0 aliphatic rings. The molecule has 2 rings (SSSR count). The summed E-state index contributed by atoms with van der Waals surface area (Å²) in [5.74, 6) is -0.835. The molecule has 0 heterocycles. The Morgan fingerprint density at radius 1 is 0.897 bits per heavy atom. The average molecular weight is 396 g/mol. The molecule has 2 N–H and O–H groups in total. The van der Waals surface area contributed by atoms with E-state index in [9.17, 15) is 14.4 Å². The monoisotopic (exact) mass is 396 g/mol. The van der Waals surface area contributed by atoms with Gasteiger partial charge in [0.2, 0.25) is 5.91 Å². The highest BCUT2D eigenvalue weighted by Gasteiger charge is 2.14. The van der Waals surface area contributed by atoms with Crippen LogP contribution in [0.2, 0.25) is 0 Å². The molecule has 0 aliphatic carbocycles. The number of rotatable bonds is 7. The molecule has 0 bridgehead atoms. The minimum atomic E-state index is -0.399. The topological polar surface area (TPSA) is 84.5 Å². The molecule has 2 aromatic rings. The molecule has 0 fully saturated rings. The number of hydrogen-bond acceptors (Lipinski definition) is 4. The second kappa shape index (κ2) is 9.87. The maximum Gasteiger partial charge on any atom is 0.338 e. The Kier molecular flexibility index (Phi) is 7.53. The van der Waals surface area contributed by atoms with E-state index >= 15 is 0 Å². The zero-order valence-corrected chi connectivity index (χ0v) is 17.4. The molecular weight excluding hydrogens is 368 g/mol. The molecule has 0 saturated carbocycles. The number of carbonyl (C=O) groups is 3. The molecule has 6 nitrogen and oxygen atoms in total. The summed E-state index contributed by atoms with van der Waals surface area (Å²) >= 11 is 0. The van der Waals surface area contributed by atoms with Crippen molar-refractivity contribution in [2.45, 2.75) is 39.5 Å². The first-order valence-electron chi connectivity index (χ1n) is 9.66. The Balaban J connectivity index is 1.79. The van der Waals surface area contributed by atoms with Gasteiger partial charge in [-0.05, 0) is 54.3 Å². The highest BCUT2D eigenvalue weighted by Crippen LogP contribution is 2.22. The van der Waals surface area contributed by atoms with Gasteiger partial charge in [-0.3, -0.25) is 9.59 Å². The van der Waals surface area contributed by atoms with E-state index in [0.29, 0.717) is 23.4 Å². The molecule has 29 heavy (non-hydrogen) atoms. The average Bonchev–Trinajstić information content (AvgIpc) is 2.68. The SMILES string of the molecule is CCOC(=O)c1ccc(NC(=O)CCNC(=O)c2ccc(C(C)(C)C)cc2)cc1. The number of amides is 2. The molecule has 0 saturated heterocycles. The Labute approximate surface area is 171 Å². The van der Waals surface area contributed by atoms with Gasteiger partial charge in [-0.25, -0.2) is 4.79 Å². The van der Waals surface area contributed by atoms with E-state index in [4.69, 9.17) is 4.74 Å². The van der Waals surface area contributed by atoms with Crippen molar-refractivity contribution in [1.29, 1.82) is 0 Å². The first kappa shape index (κ1) is 22.1. The van der Waals surface area contributed by atoms with Gasteiger partial charge in [-0.2, -0.15) is 0 Å². The van der Waals surface area contributed by atoms with Crippen molar-refractivity contribution in [3.05, 3.63) is 65.2 Å². The number of hydrogen-bond donors (Lipinski definition) is 2. The summed E-state index contributed by atoms with van der Waals surface area (Å²) < 4.78 is 4.92. The zero-order valence-electron chi connectivity index (χ0n) is 17.4. The number of anilines is 1. The summed E-state index contributed by atoms with van der Waals surface area (Å²) in [4.78, 5) is 35.9. The van der Waals surface area contributed by atoms with E-state index in [1.54, 1.807) is 43.3 Å². The number of carbonyl (C=O) groups excluding carboxylic acids is 3. The quantitative estimate of drug-likeness (QED) is 0.695. The lowest BCUT2D eigenvalue weighted by molar-refractivity contribution is -0.116. The van der Waals surface area contributed by atoms with E-state index in [1.807, 2.05) is 12.1 Å². The smallest absolute Gasteiger partial charge is 0.338 e. The molecular formula is C23H28N2O4. The van der Waals surface area contributed by atoms with Gasteiger partial charge in [0, 0.05) is 24.2 Å². The molecule has 0 atom stereocenters. The van der Waals surface area contributed by atoms with Gasteiger partial charge in [-0.1, -0.05) is 32.9 Å². The van der Waals surface area contributed by atoms with Gasteiger partial charge in [0.1, 0.15) is 0 Å². The maximum atomic E-state index is 12.2. The molecule has 0 aromatic heterocycles. The van der Waals surface area contributed by atoms with Crippen molar-refractivity contribution < 1.29 is 19.1 Å². The third-order valence-electron chi connectivity index (χ3n) is 4.33. The van der Waals surface area contributed by atoms with Crippen molar-refractivity contribution >= 4 is 23.5 Å². The van der Waals surface area contributed by atoms with Crippen LogP contribution in [0.1, 0.15) is 60.4 Å². The van der Waals surface area contributed by atoms with Crippen LogP contribution in [0, 0.1) is 0 Å². The van der Waals surface area contributed by atoms with Crippen LogP contribution >= 0.6 is 0 Å². The van der Waals surface area contributed by atoms with Gasteiger partial charge >= 0.3 is 5.97 Å². The first-order valence-corrected chi connectivity index (χ1v) is 9.66. The van der Waals surface area contributed by atoms with Crippen LogP contribution in [0.15, 0.2) is 48.5 Å². The highest BCUT2D eigenvalue weighted by atomic mass is 16.5. The van der Waals surface area contributed by atoms with Gasteiger partial charge in [0.25, 0.3) is 5.91 Å². The number of ether oxygens (including phenoxy) is 1. The van der Waals surface area contributed by atoms with Crippen molar-refractivity contribution in [1.82, 2.24) is 5.32 Å². The van der Waals surface area contributed by atoms with Crippen molar-refractivity contribution in [3.63, 3.8) is 0 Å². The van der Waals surface area contributed by atoms with E-state index in [2.05, 4.69) is 31.4 Å². The molecule has 0 radical (unpaired) electrons. The number of benzene rings is 2. The van der Waals surface area contributed by atoms with Crippen LogP contribution in [0.25, 0.3) is 0 Å². The third-order valence-corrected chi connectivity index (χ3v) is 4.33. The fourth-order valence-electron chi connectivity index (χ4n) is 2.64. The van der Waals surface area contributed by atoms with Crippen LogP contribution in [0.3, 0.4) is 0 Å². The standard InChI is InChI=1S/C23H28N2O4/c1-5-29-22(28)17-8-12-19(13-9-17)25-20(26)14-15-24-21(27)16-6-10-18(11-7-16)23(2,3)4/h6-13H,5,14-15H2,1-4H3,(H,24,27)(H,25,26). The lowest BCUT2D eigenvalue weighted by atomic mass is 9.87. The molecule has 2 aromatic carbocycles. The summed E-state index contributed by atoms with van der Waals surface area (Å²) in [7, 11) is 0. The summed E-state index contributed by atoms with van der Waals surface area (Å²) in [6.07, 6.45) is 0.144. The largest absolute Gasteiger partial charge is 0.462 e. The Morgan fingerprint density at radius 2 is 1.48 bits per heavy atom. The summed E-state index contributed by atoms with van der Waals surface area (Å²) in [6, 6.07) is 13.9. The van der Waals surface area contributed by atoms with Crippen molar-refractivity contribution in [2.24, 2.45) is 0 Å². The molecule has 0 aliphatic heterocycles. The minimum absolute atomic E-state index is 0.0294. The van der Waals surface area contributed by atoms with Crippen molar-refractivity contribution in [3.8, 4) is 0 Å². The lowest BCUT2D eigenvalue weighted by Crippen LogP contribution is -2.27. The van der Waals surface area contributed by atoms with E-state index in [-0.39, 0.29) is 30.2 Å². The summed E-state index contributed by atoms with van der Waals surface area (Å²) in [6.45, 7) is 8.63. The highest BCUT2D eigenvalue weighted by molar-refractivity contribution is 5.95. The Morgan fingerprint density at radius 3 is 2.03 bits per heavy atom. The number of esters is 1. The minimum Gasteiger partial charge on any atom is -0.462 e. The maximum absolute atomic E-state index is 12.2. The fourth-order valence-corrected chi connectivity index (χ4v) is 2.64. The predicted molar refractivity (Wildman–Crippen MR) is 113 cm³/mol. The van der Waals surface area contributed by atoms with Crippen LogP contribution < -0.4 is 10.6 Å². The zero-order chi connectivity index (χ0) is 21.4. The van der Waals surface area contributed by atoms with Crippen LogP contribution in [-0.4, -0.2) is 30.9 Å². The van der Waals surface area contributed by atoms with Crippen LogP contribution in [0.5, 0.6) is 0 Å². The van der Waals surface area contributed by atoms with Crippen LogP contribution in [-0.2, 0) is 14.9 Å². The lowest BCUT2D eigenvalue weighted by Gasteiger charge is -2.19. The van der Waals surface area contributed by atoms with E-state index < -0.39 is 5.97 Å². The Hall–Kier alpha value is -3.15. The summed E-state index contributed by atoms with van der Waals surface area (Å²) in [5.41, 5.74) is 2.75.